The lowest BCUT2D eigenvalue weighted by Crippen LogP contribution is -2.53. The van der Waals surface area contributed by atoms with Crippen LogP contribution in [0.25, 0.3) is 0 Å². The van der Waals surface area contributed by atoms with Gasteiger partial charge in [0.25, 0.3) is 0 Å². The highest BCUT2D eigenvalue weighted by atomic mass is 19.4. The molecule has 0 bridgehead atoms. The second kappa shape index (κ2) is 9.18. The second-order valence-corrected chi connectivity index (χ2v) is 6.81. The molecule has 1 amide bonds. The van der Waals surface area contributed by atoms with Crippen LogP contribution in [0.15, 0.2) is 18.6 Å². The van der Waals surface area contributed by atoms with Gasteiger partial charge >= 0.3 is 12.1 Å². The van der Waals surface area contributed by atoms with E-state index in [0.717, 1.165) is 31.7 Å². The molecule has 28 heavy (non-hydrogen) atoms. The summed E-state index contributed by atoms with van der Waals surface area (Å²) in [6.45, 7) is 2.44. The first kappa shape index (κ1) is 21.9. The van der Waals surface area contributed by atoms with Gasteiger partial charge in [-0.3, -0.25) is 4.79 Å². The summed E-state index contributed by atoms with van der Waals surface area (Å²) in [7, 11) is 3.66. The lowest BCUT2D eigenvalue weighted by Gasteiger charge is -2.45. The van der Waals surface area contributed by atoms with E-state index in [-0.39, 0.29) is 23.8 Å². The highest BCUT2D eigenvalue weighted by Gasteiger charge is 2.42. The fourth-order valence-electron chi connectivity index (χ4n) is 3.43. The van der Waals surface area contributed by atoms with Crippen LogP contribution in [0.1, 0.15) is 12.8 Å². The molecule has 0 spiro atoms. The molecule has 2 aliphatic rings. The maximum atomic E-state index is 12.4. The molecule has 0 unspecified atom stereocenters. The van der Waals surface area contributed by atoms with E-state index in [9.17, 15) is 18.0 Å². The van der Waals surface area contributed by atoms with E-state index in [2.05, 4.69) is 14.9 Å². The zero-order valence-corrected chi connectivity index (χ0v) is 15.6. The number of aliphatic carboxylic acids is 1. The van der Waals surface area contributed by atoms with Gasteiger partial charge in [0, 0.05) is 51.8 Å². The molecule has 0 radical (unpaired) electrons. The van der Waals surface area contributed by atoms with Crippen molar-refractivity contribution in [2.24, 2.45) is 11.8 Å². The Labute approximate surface area is 160 Å². The summed E-state index contributed by atoms with van der Waals surface area (Å²) < 4.78 is 37.6. The van der Waals surface area contributed by atoms with Gasteiger partial charge in [0.15, 0.2) is 0 Å². The van der Waals surface area contributed by atoms with Crippen molar-refractivity contribution in [1.82, 2.24) is 14.9 Å². The number of piperidine rings is 1. The SMILES string of the molecule is CN(C)C(=O)[C@@H]1CCO[C@@H]2CCN(c3ccncn3)C[C@H]21.O=C(O)C(F)(F)F. The number of hydrogen-bond donors (Lipinski definition) is 1. The highest BCUT2D eigenvalue weighted by molar-refractivity contribution is 5.79. The van der Waals surface area contributed by atoms with Crippen molar-refractivity contribution < 1.29 is 32.6 Å². The van der Waals surface area contributed by atoms with Crippen molar-refractivity contribution in [3.05, 3.63) is 18.6 Å². The number of alkyl halides is 3. The molecule has 2 saturated heterocycles. The number of hydrogen-bond acceptors (Lipinski definition) is 6. The van der Waals surface area contributed by atoms with Crippen molar-refractivity contribution in [2.45, 2.75) is 25.1 Å². The van der Waals surface area contributed by atoms with Crippen molar-refractivity contribution in [2.75, 3.05) is 38.7 Å². The summed E-state index contributed by atoms with van der Waals surface area (Å²) in [5.41, 5.74) is 0. The van der Waals surface area contributed by atoms with Crippen LogP contribution < -0.4 is 4.90 Å². The van der Waals surface area contributed by atoms with Crippen molar-refractivity contribution in [3.63, 3.8) is 0 Å². The van der Waals surface area contributed by atoms with Gasteiger partial charge in [0.2, 0.25) is 5.91 Å². The predicted molar refractivity (Wildman–Crippen MR) is 92.6 cm³/mol. The number of carboxylic acids is 1. The first-order valence-electron chi connectivity index (χ1n) is 8.75. The third kappa shape index (κ3) is 5.54. The summed E-state index contributed by atoms with van der Waals surface area (Å²) in [6.07, 6.45) is 0.211. The van der Waals surface area contributed by atoms with Gasteiger partial charge in [-0.2, -0.15) is 13.2 Å². The molecule has 0 aromatic carbocycles. The van der Waals surface area contributed by atoms with Crippen molar-refractivity contribution in [3.8, 4) is 0 Å². The monoisotopic (exact) mass is 404 g/mol. The van der Waals surface area contributed by atoms with Gasteiger partial charge in [-0.05, 0) is 18.9 Å². The molecular formula is C17H23F3N4O4. The Morgan fingerprint density at radius 1 is 1.32 bits per heavy atom. The number of nitrogens with zero attached hydrogens (tertiary/aromatic N) is 4. The van der Waals surface area contributed by atoms with E-state index in [1.165, 1.54) is 0 Å². The number of amides is 1. The smallest absolute Gasteiger partial charge is 0.475 e. The molecule has 156 valence electrons. The standard InChI is InChI=1S/C15H22N4O2.C2HF3O2/c1-18(2)15(20)11-5-8-21-13-4-7-19(9-12(11)13)14-3-6-16-10-17-14;3-2(4,5)1(6)7/h3,6,10-13H,4-5,7-9H2,1-2H3;(H,6,7)/t11-,12+,13-;/m1./s1. The molecule has 3 rings (SSSR count). The van der Waals surface area contributed by atoms with E-state index >= 15 is 0 Å². The number of rotatable bonds is 2. The molecule has 8 nitrogen and oxygen atoms in total. The minimum Gasteiger partial charge on any atom is -0.475 e. The molecule has 1 N–H and O–H groups in total. The largest absolute Gasteiger partial charge is 0.490 e. The van der Waals surface area contributed by atoms with E-state index in [0.29, 0.717) is 6.61 Å². The third-order valence-electron chi connectivity index (χ3n) is 4.76. The number of halogens is 3. The number of aromatic nitrogens is 2. The Bertz CT molecular complexity index is 672. The molecule has 1 aromatic rings. The lowest BCUT2D eigenvalue weighted by molar-refractivity contribution is -0.192. The summed E-state index contributed by atoms with van der Waals surface area (Å²) in [5, 5.41) is 7.12. The zero-order chi connectivity index (χ0) is 20.9. The van der Waals surface area contributed by atoms with Gasteiger partial charge in [-0.25, -0.2) is 14.8 Å². The van der Waals surface area contributed by atoms with E-state index < -0.39 is 12.1 Å². The maximum Gasteiger partial charge on any atom is 0.490 e. The maximum absolute atomic E-state index is 12.4. The van der Waals surface area contributed by atoms with Crippen molar-refractivity contribution in [1.29, 1.82) is 0 Å². The van der Waals surface area contributed by atoms with Crippen LogP contribution >= 0.6 is 0 Å². The normalized spacial score (nSPS) is 24.5. The molecule has 3 atom stereocenters. The van der Waals surface area contributed by atoms with Crippen LogP contribution in [0.2, 0.25) is 0 Å². The van der Waals surface area contributed by atoms with Crippen LogP contribution in [-0.2, 0) is 14.3 Å². The Hall–Kier alpha value is -2.43. The summed E-state index contributed by atoms with van der Waals surface area (Å²) in [4.78, 5) is 33.6. The number of fused-ring (bicyclic) bond motifs is 1. The van der Waals surface area contributed by atoms with Crippen LogP contribution in [0.3, 0.4) is 0 Å². The van der Waals surface area contributed by atoms with E-state index in [1.807, 2.05) is 20.2 Å². The number of carbonyl (C=O) groups excluding carboxylic acids is 1. The summed E-state index contributed by atoms with van der Waals surface area (Å²) in [6, 6.07) is 1.92. The first-order valence-corrected chi connectivity index (χ1v) is 8.75. The van der Waals surface area contributed by atoms with Gasteiger partial charge < -0.3 is 19.6 Å². The summed E-state index contributed by atoms with van der Waals surface area (Å²) >= 11 is 0. The first-order chi connectivity index (χ1) is 13.1. The molecule has 11 heteroatoms. The van der Waals surface area contributed by atoms with Crippen LogP contribution in [-0.4, -0.2) is 77.9 Å². The van der Waals surface area contributed by atoms with Gasteiger partial charge in [0.1, 0.15) is 12.1 Å². The molecule has 3 heterocycles. The Morgan fingerprint density at radius 3 is 2.54 bits per heavy atom. The summed E-state index contributed by atoms with van der Waals surface area (Å²) in [5.74, 6) is -1.30. The minimum atomic E-state index is -5.08. The topological polar surface area (TPSA) is 95.9 Å². The fraction of sp³-hybridized carbons (Fsp3) is 0.647. The molecule has 0 saturated carbocycles. The Balaban J connectivity index is 0.000000345. The van der Waals surface area contributed by atoms with Gasteiger partial charge in [-0.15, -0.1) is 0 Å². The van der Waals surface area contributed by atoms with Crippen molar-refractivity contribution >= 4 is 17.7 Å². The number of ether oxygens (including phenoxy) is 1. The minimum absolute atomic E-state index is 0.0587. The second-order valence-electron chi connectivity index (χ2n) is 6.81. The van der Waals surface area contributed by atoms with E-state index in [1.54, 1.807) is 17.4 Å². The van der Waals surface area contributed by atoms with Crippen LogP contribution in [0.5, 0.6) is 0 Å². The Morgan fingerprint density at radius 2 is 2.00 bits per heavy atom. The molecule has 0 aliphatic carbocycles. The zero-order valence-electron chi connectivity index (χ0n) is 15.6. The third-order valence-corrected chi connectivity index (χ3v) is 4.76. The number of carbonyl (C=O) groups is 2. The predicted octanol–water partition coefficient (Wildman–Crippen LogP) is 1.43. The Kier molecular flexibility index (Phi) is 7.17. The lowest BCUT2D eigenvalue weighted by atomic mass is 9.78. The van der Waals surface area contributed by atoms with E-state index in [4.69, 9.17) is 14.6 Å². The van der Waals surface area contributed by atoms with Gasteiger partial charge in [0.05, 0.1) is 6.10 Å². The molecule has 2 aliphatic heterocycles. The molecule has 2 fully saturated rings. The average molecular weight is 404 g/mol. The van der Waals surface area contributed by atoms with Crippen LogP contribution in [0.4, 0.5) is 19.0 Å². The van der Waals surface area contributed by atoms with Crippen LogP contribution in [0, 0.1) is 11.8 Å². The quantitative estimate of drug-likeness (QED) is 0.797. The fourth-order valence-corrected chi connectivity index (χ4v) is 3.43. The molecule has 1 aromatic heterocycles. The average Bonchev–Trinajstić information content (AvgIpc) is 2.67. The highest BCUT2D eigenvalue weighted by Crippen LogP contribution is 2.35. The van der Waals surface area contributed by atoms with Gasteiger partial charge in [-0.1, -0.05) is 0 Å². The number of anilines is 1. The molecular weight excluding hydrogens is 381 g/mol. The number of carboxylic acid groups (broad SMARTS) is 1.